The summed E-state index contributed by atoms with van der Waals surface area (Å²) in [5, 5.41) is 1.98. The number of imide groups is 1. The van der Waals surface area contributed by atoms with Crippen LogP contribution in [-0.4, -0.2) is 55.1 Å². The van der Waals surface area contributed by atoms with Gasteiger partial charge in [0.25, 0.3) is 17.7 Å². The highest BCUT2D eigenvalue weighted by Gasteiger charge is 2.56. The molecule has 3 amide bonds. The Labute approximate surface area is 244 Å². The topological polar surface area (TPSA) is 74.8 Å². The van der Waals surface area contributed by atoms with Crippen molar-refractivity contribution in [1.82, 2.24) is 10.0 Å². The molecule has 2 aromatic rings. The smallest absolute Gasteiger partial charge is 0.273 e. The van der Waals surface area contributed by atoms with Gasteiger partial charge in [-0.05, 0) is 61.7 Å². The summed E-state index contributed by atoms with van der Waals surface area (Å²) in [6.45, 7) is 0. The summed E-state index contributed by atoms with van der Waals surface area (Å²) in [5.74, 6) is -4.45. The number of carbonyl (C=O) groups excluding carboxylic acids is 4. The van der Waals surface area contributed by atoms with Crippen molar-refractivity contribution in [3.63, 3.8) is 0 Å². The van der Waals surface area contributed by atoms with Crippen molar-refractivity contribution in [2.75, 3.05) is 5.88 Å². The molecule has 2 aliphatic rings. The maximum absolute atomic E-state index is 13.9. The Balaban J connectivity index is 1.82. The number of benzene rings is 2. The maximum Gasteiger partial charge on any atom is 0.273 e. The van der Waals surface area contributed by atoms with Crippen LogP contribution in [0.25, 0.3) is 0 Å². The summed E-state index contributed by atoms with van der Waals surface area (Å²) in [7, 11) is 0. The van der Waals surface area contributed by atoms with Gasteiger partial charge in [0.1, 0.15) is 11.9 Å². The largest absolute Gasteiger partial charge is 0.292 e. The van der Waals surface area contributed by atoms with Crippen LogP contribution < -0.4 is 0 Å². The molecular weight excluding hydrogens is 677 g/mol. The van der Waals surface area contributed by atoms with Crippen molar-refractivity contribution in [3.05, 3.63) is 69.5 Å². The van der Waals surface area contributed by atoms with E-state index >= 15 is 0 Å². The molecule has 1 aliphatic carbocycles. The van der Waals surface area contributed by atoms with Crippen LogP contribution in [-0.2, 0) is 9.59 Å². The van der Waals surface area contributed by atoms with Crippen LogP contribution in [0, 0.1) is 17.7 Å². The monoisotopic (exact) mass is 694 g/mol. The molecule has 1 heterocycles. The number of hydrogen-bond donors (Lipinski definition) is 0. The lowest BCUT2D eigenvalue weighted by molar-refractivity contribution is -0.156. The normalized spacial score (nSPS) is 24.1. The highest BCUT2D eigenvalue weighted by Crippen LogP contribution is 2.44. The first-order chi connectivity index (χ1) is 17.5. The van der Waals surface area contributed by atoms with E-state index in [9.17, 15) is 23.6 Å². The number of alkyl halides is 3. The fourth-order valence-electron chi connectivity index (χ4n) is 4.70. The molecule has 37 heavy (non-hydrogen) atoms. The number of amides is 3. The number of ketones is 1. The minimum absolute atomic E-state index is 0.0214. The third-order valence-corrected chi connectivity index (χ3v) is 10.3. The molecule has 0 spiro atoms. The number of carbonyl (C=O) groups is 4. The Morgan fingerprint density at radius 2 is 1.49 bits per heavy atom. The highest BCUT2D eigenvalue weighted by atomic mass is 79.9. The second kappa shape index (κ2) is 11.7. The predicted octanol–water partition coefficient (Wildman–Crippen LogP) is 6.29. The van der Waals surface area contributed by atoms with Gasteiger partial charge in [-0.25, -0.2) is 9.40 Å². The minimum Gasteiger partial charge on any atom is -0.292 e. The lowest BCUT2D eigenvalue weighted by Gasteiger charge is -2.36. The number of fused-ring (bicyclic) bond motifs is 1. The van der Waals surface area contributed by atoms with Crippen molar-refractivity contribution in [2.24, 2.45) is 11.8 Å². The zero-order valence-electron chi connectivity index (χ0n) is 19.1. The van der Waals surface area contributed by atoms with Crippen molar-refractivity contribution in [2.45, 2.75) is 35.0 Å². The lowest BCUT2D eigenvalue weighted by Crippen LogP contribution is -2.57. The van der Waals surface area contributed by atoms with E-state index in [2.05, 4.69) is 31.9 Å². The molecule has 0 unspecified atom stereocenters. The molecule has 5 atom stereocenters. The van der Waals surface area contributed by atoms with E-state index < -0.39 is 47.2 Å². The maximum atomic E-state index is 13.9. The molecule has 0 N–H and O–H groups in total. The van der Waals surface area contributed by atoms with Crippen LogP contribution in [0.15, 0.2) is 42.5 Å². The van der Waals surface area contributed by atoms with Gasteiger partial charge in [0, 0.05) is 26.7 Å². The second-order valence-corrected chi connectivity index (χ2v) is 12.4. The third-order valence-electron chi connectivity index (χ3n) is 6.59. The second-order valence-electron chi connectivity index (χ2n) is 8.85. The fourth-order valence-corrected chi connectivity index (χ4v) is 6.44. The summed E-state index contributed by atoms with van der Waals surface area (Å²) in [4.78, 5) is 54.8. The molecule has 0 radical (unpaired) electrons. The number of rotatable bonds is 7. The number of hydrogen-bond acceptors (Lipinski definition) is 4. The quantitative estimate of drug-likeness (QED) is 0.194. The SMILES string of the molecule is O=C(c1ccc(F)cc1)[C@H](CCCl)N(C(=O)c1ccc(Cl)c(Cl)c1)N1C(=O)[C@@H]2C[C@@H](Br)[C@@H](Br)C[C@H]2C1=O. The number of nitrogens with zero attached hydrogens (tertiary/aromatic N) is 2. The van der Waals surface area contributed by atoms with E-state index in [1.165, 1.54) is 30.3 Å². The summed E-state index contributed by atoms with van der Waals surface area (Å²) in [5.41, 5.74) is 0.120. The molecule has 0 aromatic heterocycles. The van der Waals surface area contributed by atoms with Gasteiger partial charge in [-0.15, -0.1) is 11.6 Å². The van der Waals surface area contributed by atoms with E-state index in [0.29, 0.717) is 12.8 Å². The van der Waals surface area contributed by atoms with E-state index in [0.717, 1.165) is 22.2 Å². The Bertz CT molecular complexity index is 1220. The molecule has 2 fully saturated rings. The van der Waals surface area contributed by atoms with Crippen LogP contribution in [0.2, 0.25) is 10.0 Å². The van der Waals surface area contributed by atoms with Gasteiger partial charge in [0.2, 0.25) is 0 Å². The predicted molar refractivity (Wildman–Crippen MR) is 146 cm³/mol. The first kappa shape index (κ1) is 28.5. The number of Topliss-reactive ketones (excluding diaryl/α,β-unsaturated/α-hetero) is 1. The molecule has 1 aliphatic heterocycles. The highest BCUT2D eigenvalue weighted by molar-refractivity contribution is 9.12. The molecule has 0 bridgehead atoms. The van der Waals surface area contributed by atoms with Gasteiger partial charge >= 0.3 is 0 Å². The van der Waals surface area contributed by atoms with Crippen molar-refractivity contribution < 1.29 is 23.6 Å². The van der Waals surface area contributed by atoms with Gasteiger partial charge in [-0.3, -0.25) is 19.2 Å². The Morgan fingerprint density at radius 1 is 0.946 bits per heavy atom. The molecular formula is C25H20Br2Cl3FN2O4. The first-order valence-electron chi connectivity index (χ1n) is 11.3. The standard InChI is InChI=1S/C25H20Br2Cl3FN2O4/c26-17-10-15-16(11-18(17)27)25(37)33(24(15)36)32(23(35)13-3-6-19(29)20(30)9-13)21(7-8-28)22(34)12-1-4-14(31)5-2-12/h1-6,9,15-18,21H,7-8,10-11H2/t15-,16-,17-,18+,21+/m1/s1. The summed E-state index contributed by atoms with van der Waals surface area (Å²) in [6.07, 6.45) is 0.685. The third kappa shape index (κ3) is 5.62. The fraction of sp³-hybridized carbons (Fsp3) is 0.360. The van der Waals surface area contributed by atoms with Crippen LogP contribution in [0.1, 0.15) is 40.0 Å². The molecule has 196 valence electrons. The average molecular weight is 698 g/mol. The van der Waals surface area contributed by atoms with Crippen molar-refractivity contribution in [1.29, 1.82) is 0 Å². The summed E-state index contributed by atoms with van der Waals surface area (Å²) >= 11 is 25.3. The Hall–Kier alpha value is -1.52. The van der Waals surface area contributed by atoms with E-state index in [4.69, 9.17) is 34.8 Å². The zero-order valence-corrected chi connectivity index (χ0v) is 24.5. The van der Waals surface area contributed by atoms with Crippen LogP contribution >= 0.6 is 66.7 Å². The molecule has 2 aromatic carbocycles. The van der Waals surface area contributed by atoms with Crippen LogP contribution in [0.5, 0.6) is 0 Å². The van der Waals surface area contributed by atoms with E-state index in [-0.39, 0.29) is 43.1 Å². The van der Waals surface area contributed by atoms with Gasteiger partial charge in [-0.1, -0.05) is 55.1 Å². The average Bonchev–Trinajstić information content (AvgIpc) is 3.10. The first-order valence-corrected chi connectivity index (χ1v) is 14.5. The van der Waals surface area contributed by atoms with Crippen molar-refractivity contribution in [3.8, 4) is 0 Å². The molecule has 1 saturated heterocycles. The number of halogens is 6. The molecule has 4 rings (SSSR count). The van der Waals surface area contributed by atoms with E-state index in [1.54, 1.807) is 0 Å². The summed E-state index contributed by atoms with van der Waals surface area (Å²) < 4.78 is 13.5. The van der Waals surface area contributed by atoms with Crippen molar-refractivity contribution >= 4 is 90.2 Å². The van der Waals surface area contributed by atoms with Crippen LogP contribution in [0.4, 0.5) is 4.39 Å². The van der Waals surface area contributed by atoms with Crippen LogP contribution in [0.3, 0.4) is 0 Å². The van der Waals surface area contributed by atoms with Gasteiger partial charge in [0.15, 0.2) is 5.78 Å². The van der Waals surface area contributed by atoms with Gasteiger partial charge in [0.05, 0.1) is 21.9 Å². The molecule has 6 nitrogen and oxygen atoms in total. The molecule has 12 heteroatoms. The Morgan fingerprint density at radius 3 is 2.00 bits per heavy atom. The summed E-state index contributed by atoms with van der Waals surface area (Å²) in [6, 6.07) is 7.57. The minimum atomic E-state index is -1.32. The van der Waals surface area contributed by atoms with Gasteiger partial charge in [-0.2, -0.15) is 5.01 Å². The lowest BCUT2D eigenvalue weighted by atomic mass is 9.81. The number of hydrazine groups is 1. The zero-order chi connectivity index (χ0) is 27.0. The van der Waals surface area contributed by atoms with Gasteiger partial charge < -0.3 is 0 Å². The van der Waals surface area contributed by atoms with E-state index in [1.807, 2.05) is 0 Å². The Kier molecular flexibility index (Phi) is 9.01. The molecule has 1 saturated carbocycles.